The highest BCUT2D eigenvalue weighted by atomic mass is 19.4. The fourth-order valence-corrected chi connectivity index (χ4v) is 1.46. The number of carbonyl (C=O) groups is 1. The molecular weight excluding hydrogens is 251 g/mol. The number of carboxylic acids is 1. The van der Waals surface area contributed by atoms with Crippen molar-refractivity contribution >= 4 is 5.97 Å². The van der Waals surface area contributed by atoms with Gasteiger partial charge < -0.3 is 9.84 Å². The molecule has 1 N–H and O–H groups in total. The Kier molecular flexibility index (Phi) is 3.81. The molecule has 96 valence electrons. The number of rotatable bonds is 3. The van der Waals surface area contributed by atoms with Gasteiger partial charge in [-0.1, -0.05) is 6.07 Å². The topological polar surface area (TPSA) is 70.3 Å². The Morgan fingerprint density at radius 2 is 2.11 bits per heavy atom. The number of alkyl halides is 3. The number of nitriles is 1. The molecule has 0 heterocycles. The van der Waals surface area contributed by atoms with E-state index in [9.17, 15) is 18.0 Å². The summed E-state index contributed by atoms with van der Waals surface area (Å²) in [5.74, 6) is -2.06. The molecule has 1 aromatic carbocycles. The van der Waals surface area contributed by atoms with Crippen molar-refractivity contribution < 1.29 is 27.8 Å². The van der Waals surface area contributed by atoms with E-state index >= 15 is 0 Å². The van der Waals surface area contributed by atoms with E-state index in [0.717, 1.165) is 0 Å². The fraction of sp³-hybridized carbons (Fsp3) is 0.273. The maximum absolute atomic E-state index is 12.2. The van der Waals surface area contributed by atoms with E-state index in [2.05, 4.69) is 4.74 Å². The van der Waals surface area contributed by atoms with Crippen LogP contribution in [-0.4, -0.2) is 17.4 Å². The molecule has 0 spiro atoms. The lowest BCUT2D eigenvalue weighted by atomic mass is 10.0. The van der Waals surface area contributed by atoms with Crippen LogP contribution in [0.2, 0.25) is 0 Å². The van der Waals surface area contributed by atoms with Crippen LogP contribution in [0.5, 0.6) is 5.75 Å². The first-order valence-electron chi connectivity index (χ1n) is 4.74. The summed E-state index contributed by atoms with van der Waals surface area (Å²) in [5, 5.41) is 17.4. The third kappa shape index (κ3) is 3.66. The van der Waals surface area contributed by atoms with E-state index in [4.69, 9.17) is 10.4 Å². The van der Waals surface area contributed by atoms with Crippen molar-refractivity contribution in [3.63, 3.8) is 0 Å². The molecule has 1 aromatic rings. The monoisotopic (exact) mass is 259 g/mol. The molecule has 0 aliphatic carbocycles. The summed E-state index contributed by atoms with van der Waals surface area (Å²) in [5.41, 5.74) is -0.0442. The predicted octanol–water partition coefficient (Wildman–Crippen LogP) is 2.39. The van der Waals surface area contributed by atoms with Crippen molar-refractivity contribution in [3.05, 3.63) is 28.8 Å². The molecule has 0 bridgehead atoms. The minimum atomic E-state index is -4.98. The first-order chi connectivity index (χ1) is 8.23. The van der Waals surface area contributed by atoms with Crippen molar-refractivity contribution in [2.24, 2.45) is 0 Å². The Bertz CT molecular complexity index is 517. The van der Waals surface area contributed by atoms with Crippen LogP contribution in [0, 0.1) is 18.3 Å². The third-order valence-corrected chi connectivity index (χ3v) is 1.99. The van der Waals surface area contributed by atoms with Crippen LogP contribution >= 0.6 is 0 Å². The molecule has 1 rings (SSSR count). The average Bonchev–Trinajstić information content (AvgIpc) is 2.19. The summed E-state index contributed by atoms with van der Waals surface area (Å²) in [6.45, 7) is 1.55. The van der Waals surface area contributed by atoms with Gasteiger partial charge in [-0.3, -0.25) is 4.79 Å². The second kappa shape index (κ2) is 4.96. The zero-order valence-corrected chi connectivity index (χ0v) is 9.21. The third-order valence-electron chi connectivity index (χ3n) is 1.99. The van der Waals surface area contributed by atoms with Crippen LogP contribution in [0.15, 0.2) is 12.1 Å². The predicted molar refractivity (Wildman–Crippen MR) is 53.9 cm³/mol. The molecule has 4 nitrogen and oxygen atoms in total. The molecule has 0 amide bonds. The molecule has 0 atom stereocenters. The van der Waals surface area contributed by atoms with Crippen molar-refractivity contribution in [2.45, 2.75) is 19.7 Å². The van der Waals surface area contributed by atoms with E-state index < -0.39 is 24.5 Å². The van der Waals surface area contributed by atoms with Gasteiger partial charge in [0.1, 0.15) is 6.07 Å². The van der Waals surface area contributed by atoms with Gasteiger partial charge in [0.25, 0.3) is 0 Å². The minimum absolute atomic E-state index is 0.184. The number of aryl methyl sites for hydroxylation is 1. The van der Waals surface area contributed by atoms with Crippen LogP contribution < -0.4 is 4.74 Å². The highest BCUT2D eigenvalue weighted by Crippen LogP contribution is 2.31. The summed E-state index contributed by atoms with van der Waals surface area (Å²) in [7, 11) is 0. The minimum Gasteiger partial charge on any atom is -0.481 e. The largest absolute Gasteiger partial charge is 0.573 e. The van der Waals surface area contributed by atoms with E-state index in [1.165, 1.54) is 12.1 Å². The molecule has 0 saturated carbocycles. The average molecular weight is 259 g/mol. The molecular formula is C11H8F3NO3. The molecule has 18 heavy (non-hydrogen) atoms. The number of hydrogen-bond acceptors (Lipinski definition) is 3. The quantitative estimate of drug-likeness (QED) is 0.904. The molecule has 0 fully saturated rings. The smallest absolute Gasteiger partial charge is 0.481 e. The molecule has 0 aliphatic rings. The summed E-state index contributed by atoms with van der Waals surface area (Å²) in [6.07, 6.45) is -5.63. The van der Waals surface area contributed by atoms with Crippen LogP contribution in [0.1, 0.15) is 16.7 Å². The van der Waals surface area contributed by atoms with Gasteiger partial charge in [0, 0.05) is 5.56 Å². The van der Waals surface area contributed by atoms with Crippen molar-refractivity contribution in [1.29, 1.82) is 5.26 Å². The van der Waals surface area contributed by atoms with Crippen LogP contribution in [0.3, 0.4) is 0 Å². The molecule has 0 saturated heterocycles. The molecule has 0 radical (unpaired) electrons. The van der Waals surface area contributed by atoms with Gasteiger partial charge in [-0.05, 0) is 18.6 Å². The lowest BCUT2D eigenvalue weighted by molar-refractivity contribution is -0.275. The Balaban J connectivity index is 3.34. The number of benzene rings is 1. The number of hydrogen-bond donors (Lipinski definition) is 1. The van der Waals surface area contributed by atoms with E-state index in [1.807, 2.05) is 0 Å². The second-order valence-corrected chi connectivity index (χ2v) is 3.53. The summed E-state index contributed by atoms with van der Waals surface area (Å²) >= 11 is 0. The molecule has 7 heteroatoms. The molecule has 0 aliphatic heterocycles. The number of halogens is 3. The Morgan fingerprint density at radius 3 is 2.56 bits per heavy atom. The maximum atomic E-state index is 12.2. The number of aliphatic carboxylic acids is 1. The first-order valence-corrected chi connectivity index (χ1v) is 4.74. The number of carboxylic acid groups (broad SMARTS) is 1. The number of ether oxygens (including phenoxy) is 1. The Morgan fingerprint density at radius 1 is 1.50 bits per heavy atom. The Labute approximate surface area is 100 Å². The van der Waals surface area contributed by atoms with E-state index in [1.54, 1.807) is 13.0 Å². The van der Waals surface area contributed by atoms with Crippen LogP contribution in [0.25, 0.3) is 0 Å². The SMILES string of the molecule is Cc1cc(C#N)c(OC(F)(F)F)c(CC(=O)O)c1. The van der Waals surface area contributed by atoms with Gasteiger partial charge in [-0.2, -0.15) is 5.26 Å². The number of nitrogens with zero attached hydrogens (tertiary/aromatic N) is 1. The van der Waals surface area contributed by atoms with Crippen molar-refractivity contribution in [3.8, 4) is 11.8 Å². The van der Waals surface area contributed by atoms with Crippen molar-refractivity contribution in [2.75, 3.05) is 0 Å². The lowest BCUT2D eigenvalue weighted by Crippen LogP contribution is -2.19. The van der Waals surface area contributed by atoms with Gasteiger partial charge in [0.05, 0.1) is 12.0 Å². The normalized spacial score (nSPS) is 10.8. The van der Waals surface area contributed by atoms with Crippen molar-refractivity contribution in [1.82, 2.24) is 0 Å². The van der Waals surface area contributed by atoms with Gasteiger partial charge in [-0.15, -0.1) is 13.2 Å². The van der Waals surface area contributed by atoms with Gasteiger partial charge in [0.2, 0.25) is 0 Å². The summed E-state index contributed by atoms with van der Waals surface area (Å²) in [6, 6.07) is 4.00. The second-order valence-electron chi connectivity index (χ2n) is 3.53. The van der Waals surface area contributed by atoms with Gasteiger partial charge in [-0.25, -0.2) is 0 Å². The lowest BCUT2D eigenvalue weighted by Gasteiger charge is -2.14. The zero-order chi connectivity index (χ0) is 13.9. The highest BCUT2D eigenvalue weighted by molar-refractivity contribution is 5.72. The molecule has 0 unspecified atom stereocenters. The summed E-state index contributed by atoms with van der Waals surface area (Å²) in [4.78, 5) is 10.6. The zero-order valence-electron chi connectivity index (χ0n) is 9.21. The Hall–Kier alpha value is -2.23. The maximum Gasteiger partial charge on any atom is 0.573 e. The van der Waals surface area contributed by atoms with Crippen LogP contribution in [-0.2, 0) is 11.2 Å². The highest BCUT2D eigenvalue weighted by Gasteiger charge is 2.33. The van der Waals surface area contributed by atoms with Gasteiger partial charge in [0.15, 0.2) is 5.75 Å². The van der Waals surface area contributed by atoms with E-state index in [0.29, 0.717) is 5.56 Å². The fourth-order valence-electron chi connectivity index (χ4n) is 1.46. The van der Waals surface area contributed by atoms with Gasteiger partial charge >= 0.3 is 12.3 Å². The first kappa shape index (κ1) is 13.8. The summed E-state index contributed by atoms with van der Waals surface area (Å²) < 4.78 is 40.3. The standard InChI is InChI=1S/C11H8F3NO3/c1-6-2-7(4-9(16)17)10(8(3-6)5-15)18-11(12,13)14/h2-3H,4H2,1H3,(H,16,17). The van der Waals surface area contributed by atoms with Crippen LogP contribution in [0.4, 0.5) is 13.2 Å². The van der Waals surface area contributed by atoms with E-state index in [-0.39, 0.29) is 11.1 Å². The molecule has 0 aromatic heterocycles.